The van der Waals surface area contributed by atoms with Crippen molar-refractivity contribution in [2.75, 3.05) is 18.5 Å². The third-order valence-corrected chi connectivity index (χ3v) is 2.82. The van der Waals surface area contributed by atoms with E-state index < -0.39 is 0 Å². The Labute approximate surface area is 109 Å². The SMILES string of the molecule is CN(C(=O)C(CN)CC(C)(C)C)c1ccccn1. The van der Waals surface area contributed by atoms with Crippen molar-refractivity contribution < 1.29 is 4.79 Å². The molecule has 4 nitrogen and oxygen atoms in total. The van der Waals surface area contributed by atoms with Crippen LogP contribution in [0.25, 0.3) is 0 Å². The van der Waals surface area contributed by atoms with E-state index in [-0.39, 0.29) is 17.2 Å². The number of hydrogen-bond donors (Lipinski definition) is 1. The second kappa shape index (κ2) is 5.96. The van der Waals surface area contributed by atoms with Gasteiger partial charge in [0, 0.05) is 19.8 Å². The lowest BCUT2D eigenvalue weighted by Gasteiger charge is -2.27. The molecule has 1 aromatic heterocycles. The standard InChI is InChI=1S/C14H23N3O/c1-14(2,3)9-11(10-15)13(18)17(4)12-7-5-6-8-16-12/h5-8,11H,9-10,15H2,1-4H3. The minimum absolute atomic E-state index is 0.0334. The second-order valence-electron chi connectivity index (χ2n) is 5.78. The fourth-order valence-electron chi connectivity index (χ4n) is 1.95. The van der Waals surface area contributed by atoms with E-state index in [4.69, 9.17) is 5.73 Å². The molecule has 0 aliphatic heterocycles. The van der Waals surface area contributed by atoms with Crippen LogP contribution in [0.5, 0.6) is 0 Å². The molecular weight excluding hydrogens is 226 g/mol. The average molecular weight is 249 g/mol. The van der Waals surface area contributed by atoms with Gasteiger partial charge in [-0.25, -0.2) is 4.98 Å². The molecule has 0 fully saturated rings. The molecule has 0 bridgehead atoms. The highest BCUT2D eigenvalue weighted by molar-refractivity contribution is 5.93. The van der Waals surface area contributed by atoms with Crippen LogP contribution in [0.2, 0.25) is 0 Å². The minimum Gasteiger partial charge on any atom is -0.330 e. The van der Waals surface area contributed by atoms with Gasteiger partial charge in [0.2, 0.25) is 5.91 Å². The Kier molecular flexibility index (Phi) is 4.84. The molecule has 0 aliphatic rings. The van der Waals surface area contributed by atoms with Gasteiger partial charge in [0.05, 0.1) is 5.92 Å². The number of hydrogen-bond acceptors (Lipinski definition) is 3. The molecule has 1 rings (SSSR count). The monoisotopic (exact) mass is 249 g/mol. The summed E-state index contributed by atoms with van der Waals surface area (Å²) in [5.74, 6) is 0.540. The molecule has 1 unspecified atom stereocenters. The Hall–Kier alpha value is -1.42. The number of amides is 1. The highest BCUT2D eigenvalue weighted by Gasteiger charge is 2.26. The van der Waals surface area contributed by atoms with Crippen LogP contribution in [0.15, 0.2) is 24.4 Å². The molecule has 4 heteroatoms. The third-order valence-electron chi connectivity index (χ3n) is 2.82. The Morgan fingerprint density at radius 2 is 2.11 bits per heavy atom. The summed E-state index contributed by atoms with van der Waals surface area (Å²) in [6.45, 7) is 6.71. The van der Waals surface area contributed by atoms with Gasteiger partial charge in [-0.3, -0.25) is 9.69 Å². The van der Waals surface area contributed by atoms with Crippen molar-refractivity contribution in [1.82, 2.24) is 4.98 Å². The van der Waals surface area contributed by atoms with E-state index in [9.17, 15) is 4.79 Å². The first kappa shape index (κ1) is 14.6. The first-order valence-corrected chi connectivity index (χ1v) is 6.24. The number of anilines is 1. The van der Waals surface area contributed by atoms with Crippen molar-refractivity contribution in [3.05, 3.63) is 24.4 Å². The number of aromatic nitrogens is 1. The van der Waals surface area contributed by atoms with Crippen molar-refractivity contribution in [1.29, 1.82) is 0 Å². The first-order valence-electron chi connectivity index (χ1n) is 6.24. The summed E-state index contributed by atoms with van der Waals surface area (Å²) in [6, 6.07) is 5.52. The van der Waals surface area contributed by atoms with Crippen LogP contribution >= 0.6 is 0 Å². The molecular formula is C14H23N3O. The van der Waals surface area contributed by atoms with Crippen molar-refractivity contribution >= 4 is 11.7 Å². The lowest BCUT2D eigenvalue weighted by Crippen LogP contribution is -2.38. The number of pyridine rings is 1. The van der Waals surface area contributed by atoms with Crippen LogP contribution < -0.4 is 10.6 Å². The molecule has 1 amide bonds. The molecule has 1 atom stereocenters. The Morgan fingerprint density at radius 3 is 2.56 bits per heavy atom. The number of nitrogens with zero attached hydrogens (tertiary/aromatic N) is 2. The van der Waals surface area contributed by atoms with Crippen LogP contribution in [0.3, 0.4) is 0 Å². The lowest BCUT2D eigenvalue weighted by atomic mass is 9.84. The Balaban J connectivity index is 2.79. The van der Waals surface area contributed by atoms with Crippen LogP contribution in [0.1, 0.15) is 27.2 Å². The second-order valence-corrected chi connectivity index (χ2v) is 5.78. The van der Waals surface area contributed by atoms with E-state index in [1.54, 1.807) is 18.1 Å². The van der Waals surface area contributed by atoms with Crippen molar-refractivity contribution in [3.8, 4) is 0 Å². The minimum atomic E-state index is -0.156. The normalized spacial score (nSPS) is 13.2. The Bertz CT molecular complexity index is 384. The maximum absolute atomic E-state index is 12.4. The topological polar surface area (TPSA) is 59.2 Å². The van der Waals surface area contributed by atoms with Gasteiger partial charge < -0.3 is 5.73 Å². The Morgan fingerprint density at radius 1 is 1.44 bits per heavy atom. The summed E-state index contributed by atoms with van der Waals surface area (Å²) in [5.41, 5.74) is 5.82. The average Bonchev–Trinajstić information content (AvgIpc) is 2.34. The predicted molar refractivity (Wildman–Crippen MR) is 74.3 cm³/mol. The maximum Gasteiger partial charge on any atom is 0.232 e. The fraction of sp³-hybridized carbons (Fsp3) is 0.571. The first-order chi connectivity index (χ1) is 8.35. The summed E-state index contributed by atoms with van der Waals surface area (Å²) >= 11 is 0. The summed E-state index contributed by atoms with van der Waals surface area (Å²) in [7, 11) is 1.75. The predicted octanol–water partition coefficient (Wildman–Crippen LogP) is 2.06. The van der Waals surface area contributed by atoms with Crippen LogP contribution in [-0.4, -0.2) is 24.5 Å². The number of rotatable bonds is 4. The van der Waals surface area contributed by atoms with E-state index >= 15 is 0 Å². The molecule has 0 saturated heterocycles. The summed E-state index contributed by atoms with van der Waals surface area (Å²) in [4.78, 5) is 18.1. The zero-order chi connectivity index (χ0) is 13.8. The highest BCUT2D eigenvalue weighted by Crippen LogP contribution is 2.25. The maximum atomic E-state index is 12.4. The third kappa shape index (κ3) is 4.11. The molecule has 18 heavy (non-hydrogen) atoms. The molecule has 100 valence electrons. The largest absolute Gasteiger partial charge is 0.330 e. The number of carbonyl (C=O) groups is 1. The van der Waals surface area contributed by atoms with Crippen LogP contribution in [-0.2, 0) is 4.79 Å². The molecule has 1 aromatic rings. The van der Waals surface area contributed by atoms with E-state index in [0.29, 0.717) is 12.4 Å². The number of carbonyl (C=O) groups excluding carboxylic acids is 1. The highest BCUT2D eigenvalue weighted by atomic mass is 16.2. The molecule has 0 spiro atoms. The molecule has 0 saturated carbocycles. The lowest BCUT2D eigenvalue weighted by molar-refractivity contribution is -0.122. The zero-order valence-corrected chi connectivity index (χ0v) is 11.7. The van der Waals surface area contributed by atoms with Gasteiger partial charge in [-0.1, -0.05) is 26.8 Å². The summed E-state index contributed by atoms with van der Waals surface area (Å²) in [6.07, 6.45) is 2.46. The molecule has 0 aliphatic carbocycles. The van der Waals surface area contributed by atoms with Gasteiger partial charge in [0.1, 0.15) is 5.82 Å². The van der Waals surface area contributed by atoms with E-state index in [2.05, 4.69) is 25.8 Å². The van der Waals surface area contributed by atoms with Gasteiger partial charge in [-0.15, -0.1) is 0 Å². The van der Waals surface area contributed by atoms with Crippen LogP contribution in [0, 0.1) is 11.3 Å². The van der Waals surface area contributed by atoms with E-state index in [0.717, 1.165) is 6.42 Å². The van der Waals surface area contributed by atoms with Gasteiger partial charge in [-0.05, 0) is 24.0 Å². The molecule has 2 N–H and O–H groups in total. The van der Waals surface area contributed by atoms with Crippen molar-refractivity contribution in [3.63, 3.8) is 0 Å². The van der Waals surface area contributed by atoms with Gasteiger partial charge >= 0.3 is 0 Å². The van der Waals surface area contributed by atoms with Gasteiger partial charge in [-0.2, -0.15) is 0 Å². The smallest absolute Gasteiger partial charge is 0.232 e. The zero-order valence-electron chi connectivity index (χ0n) is 11.7. The fourth-order valence-corrected chi connectivity index (χ4v) is 1.95. The van der Waals surface area contributed by atoms with Gasteiger partial charge in [0.15, 0.2) is 0 Å². The van der Waals surface area contributed by atoms with Crippen LogP contribution in [0.4, 0.5) is 5.82 Å². The van der Waals surface area contributed by atoms with E-state index in [1.165, 1.54) is 0 Å². The molecule has 0 aromatic carbocycles. The quantitative estimate of drug-likeness (QED) is 0.888. The summed E-state index contributed by atoms with van der Waals surface area (Å²) in [5, 5.41) is 0. The van der Waals surface area contributed by atoms with Crippen molar-refractivity contribution in [2.45, 2.75) is 27.2 Å². The number of nitrogens with two attached hydrogens (primary N) is 1. The van der Waals surface area contributed by atoms with Crippen molar-refractivity contribution in [2.24, 2.45) is 17.1 Å². The van der Waals surface area contributed by atoms with E-state index in [1.807, 2.05) is 18.2 Å². The molecule has 1 heterocycles. The molecule has 0 radical (unpaired) electrons. The van der Waals surface area contributed by atoms with Gasteiger partial charge in [0.25, 0.3) is 0 Å². The summed E-state index contributed by atoms with van der Waals surface area (Å²) < 4.78 is 0.